The van der Waals surface area contributed by atoms with Crippen LogP contribution in [-0.4, -0.2) is 23.5 Å². The van der Waals surface area contributed by atoms with Crippen LogP contribution < -0.4 is 5.32 Å². The van der Waals surface area contributed by atoms with Gasteiger partial charge >= 0.3 is 6.09 Å². The van der Waals surface area contributed by atoms with Crippen molar-refractivity contribution in [2.75, 3.05) is 0 Å². The molecule has 4 nitrogen and oxygen atoms in total. The summed E-state index contributed by atoms with van der Waals surface area (Å²) in [6, 6.07) is 0.00234. The first-order valence-corrected chi connectivity index (χ1v) is 7.40. The van der Waals surface area contributed by atoms with Gasteiger partial charge in [-0.05, 0) is 40.0 Å². The highest BCUT2D eigenvalue weighted by Gasteiger charge is 2.19. The molecule has 0 aliphatic rings. The van der Waals surface area contributed by atoms with Crippen LogP contribution in [0, 0.1) is 0 Å². The average molecular weight is 283 g/mol. The van der Waals surface area contributed by atoms with Gasteiger partial charge in [-0.3, -0.25) is 4.79 Å². The Balaban J connectivity index is 4.18. The Morgan fingerprint density at radius 2 is 1.90 bits per heavy atom. The van der Waals surface area contributed by atoms with Crippen molar-refractivity contribution in [2.24, 2.45) is 0 Å². The highest BCUT2D eigenvalue weighted by atomic mass is 16.6. The van der Waals surface area contributed by atoms with E-state index in [9.17, 15) is 9.59 Å². The summed E-state index contributed by atoms with van der Waals surface area (Å²) in [5.74, 6) is 0.219. The fourth-order valence-corrected chi connectivity index (χ4v) is 1.83. The maximum absolute atomic E-state index is 11.7. The van der Waals surface area contributed by atoms with E-state index in [1.165, 1.54) is 0 Å². The lowest BCUT2D eigenvalue weighted by Gasteiger charge is -2.23. The molecule has 0 saturated heterocycles. The summed E-state index contributed by atoms with van der Waals surface area (Å²) in [7, 11) is 0. The van der Waals surface area contributed by atoms with Crippen LogP contribution in [0.3, 0.4) is 0 Å². The lowest BCUT2D eigenvalue weighted by molar-refractivity contribution is -0.119. The van der Waals surface area contributed by atoms with Gasteiger partial charge in [-0.1, -0.05) is 19.4 Å². The van der Waals surface area contributed by atoms with Crippen molar-refractivity contribution in [3.63, 3.8) is 0 Å². The molecule has 0 radical (unpaired) electrons. The number of alkyl carbamates (subject to hydrolysis) is 1. The molecular formula is C16H29NO3. The lowest BCUT2D eigenvalue weighted by Crippen LogP contribution is -2.39. The van der Waals surface area contributed by atoms with Crippen LogP contribution in [0.1, 0.15) is 66.2 Å². The van der Waals surface area contributed by atoms with E-state index in [0.29, 0.717) is 19.3 Å². The molecule has 1 atom stereocenters. The van der Waals surface area contributed by atoms with E-state index in [1.54, 1.807) is 6.08 Å². The van der Waals surface area contributed by atoms with E-state index in [2.05, 4.69) is 18.8 Å². The van der Waals surface area contributed by atoms with E-state index < -0.39 is 11.7 Å². The Hall–Kier alpha value is -1.32. The predicted molar refractivity (Wildman–Crippen MR) is 81.7 cm³/mol. The fourth-order valence-electron chi connectivity index (χ4n) is 1.83. The molecule has 4 heteroatoms. The first-order valence-electron chi connectivity index (χ1n) is 7.40. The SMILES string of the molecule is C=CCCC(=O)CC[C@@H](CCC)NC(=O)OC(C)(C)C. The summed E-state index contributed by atoms with van der Waals surface area (Å²) >= 11 is 0. The van der Waals surface area contributed by atoms with Crippen LogP contribution in [0.5, 0.6) is 0 Å². The first kappa shape index (κ1) is 18.7. The standard InChI is InChI=1S/C16H29NO3/c1-6-8-10-14(18)12-11-13(9-7-2)17-15(19)20-16(3,4)5/h6,13H,1,7-12H2,2-5H3,(H,17,19)/t13-/m1/s1. The van der Waals surface area contributed by atoms with Gasteiger partial charge in [0.15, 0.2) is 0 Å². The van der Waals surface area contributed by atoms with Crippen molar-refractivity contribution in [3.05, 3.63) is 12.7 Å². The summed E-state index contributed by atoms with van der Waals surface area (Å²) in [4.78, 5) is 23.4. The zero-order valence-electron chi connectivity index (χ0n) is 13.3. The summed E-state index contributed by atoms with van der Waals surface area (Å²) in [6.07, 6.45) is 5.58. The van der Waals surface area contributed by atoms with Gasteiger partial charge in [-0.25, -0.2) is 4.79 Å². The van der Waals surface area contributed by atoms with Crippen molar-refractivity contribution in [2.45, 2.75) is 77.9 Å². The van der Waals surface area contributed by atoms with Crippen molar-refractivity contribution < 1.29 is 14.3 Å². The second kappa shape index (κ2) is 9.56. The van der Waals surface area contributed by atoms with Crippen molar-refractivity contribution in [1.82, 2.24) is 5.32 Å². The highest BCUT2D eigenvalue weighted by Crippen LogP contribution is 2.11. The van der Waals surface area contributed by atoms with E-state index in [-0.39, 0.29) is 11.8 Å². The Morgan fingerprint density at radius 3 is 2.40 bits per heavy atom. The van der Waals surface area contributed by atoms with Crippen LogP contribution in [0.25, 0.3) is 0 Å². The molecule has 0 heterocycles. The topological polar surface area (TPSA) is 55.4 Å². The van der Waals surface area contributed by atoms with E-state index in [0.717, 1.165) is 19.3 Å². The number of allylic oxidation sites excluding steroid dienone is 1. The average Bonchev–Trinajstić information content (AvgIpc) is 2.31. The predicted octanol–water partition coefficient (Wildman–Crippen LogP) is 4.00. The molecule has 0 fully saturated rings. The van der Waals surface area contributed by atoms with Crippen LogP contribution >= 0.6 is 0 Å². The van der Waals surface area contributed by atoms with Crippen LogP contribution in [0.4, 0.5) is 4.79 Å². The van der Waals surface area contributed by atoms with Gasteiger partial charge < -0.3 is 10.1 Å². The fraction of sp³-hybridized carbons (Fsp3) is 0.750. The third kappa shape index (κ3) is 10.6. The number of carbonyl (C=O) groups is 2. The van der Waals surface area contributed by atoms with Gasteiger partial charge in [0.25, 0.3) is 0 Å². The molecule has 0 bridgehead atoms. The summed E-state index contributed by atoms with van der Waals surface area (Å²) in [5.41, 5.74) is -0.499. The zero-order chi connectivity index (χ0) is 15.6. The Kier molecular flexibility index (Phi) is 8.93. The van der Waals surface area contributed by atoms with Crippen LogP contribution in [0.15, 0.2) is 12.7 Å². The Labute approximate surface area is 123 Å². The molecule has 0 spiro atoms. The number of hydrogen-bond donors (Lipinski definition) is 1. The molecule has 0 aliphatic heterocycles. The maximum atomic E-state index is 11.7. The van der Waals surface area contributed by atoms with Crippen molar-refractivity contribution in [1.29, 1.82) is 0 Å². The highest BCUT2D eigenvalue weighted by molar-refractivity contribution is 5.78. The Bertz CT molecular complexity index is 318. The third-order valence-electron chi connectivity index (χ3n) is 2.76. The maximum Gasteiger partial charge on any atom is 0.407 e. The lowest BCUT2D eigenvalue weighted by atomic mass is 10.0. The molecular weight excluding hydrogens is 254 g/mol. The molecule has 116 valence electrons. The molecule has 20 heavy (non-hydrogen) atoms. The second-order valence-electron chi connectivity index (χ2n) is 6.04. The number of amides is 1. The van der Waals surface area contributed by atoms with Crippen molar-refractivity contribution in [3.8, 4) is 0 Å². The first-order chi connectivity index (χ1) is 9.28. The zero-order valence-corrected chi connectivity index (χ0v) is 13.3. The minimum Gasteiger partial charge on any atom is -0.444 e. The molecule has 0 saturated carbocycles. The molecule has 0 aliphatic carbocycles. The Morgan fingerprint density at radius 1 is 1.25 bits per heavy atom. The molecule has 1 N–H and O–H groups in total. The number of carbonyl (C=O) groups excluding carboxylic acids is 2. The number of ketones is 1. The van der Waals surface area contributed by atoms with E-state index in [1.807, 2.05) is 20.8 Å². The minimum absolute atomic E-state index is 0.00234. The number of hydrogen-bond acceptors (Lipinski definition) is 3. The smallest absolute Gasteiger partial charge is 0.407 e. The van der Waals surface area contributed by atoms with Crippen LogP contribution in [-0.2, 0) is 9.53 Å². The number of Topliss-reactive ketones (excluding diaryl/α,β-unsaturated/α-hetero) is 1. The van der Waals surface area contributed by atoms with Gasteiger partial charge in [0.2, 0.25) is 0 Å². The molecule has 0 aromatic carbocycles. The molecule has 1 amide bonds. The van der Waals surface area contributed by atoms with Gasteiger partial charge in [0, 0.05) is 18.9 Å². The summed E-state index contributed by atoms with van der Waals surface area (Å²) in [6.45, 7) is 11.2. The van der Waals surface area contributed by atoms with Crippen molar-refractivity contribution >= 4 is 11.9 Å². The van der Waals surface area contributed by atoms with Gasteiger partial charge in [0.05, 0.1) is 0 Å². The van der Waals surface area contributed by atoms with Crippen LogP contribution in [0.2, 0.25) is 0 Å². The summed E-state index contributed by atoms with van der Waals surface area (Å²) in [5, 5.41) is 2.85. The van der Waals surface area contributed by atoms with E-state index in [4.69, 9.17) is 4.74 Å². The van der Waals surface area contributed by atoms with Gasteiger partial charge in [-0.2, -0.15) is 0 Å². The second-order valence-corrected chi connectivity index (χ2v) is 6.04. The normalized spacial score (nSPS) is 12.6. The molecule has 0 unspecified atom stereocenters. The molecule has 0 aromatic heterocycles. The van der Waals surface area contributed by atoms with Gasteiger partial charge in [0.1, 0.15) is 11.4 Å². The number of nitrogens with one attached hydrogen (secondary N) is 1. The quantitative estimate of drug-likeness (QED) is 0.651. The molecule has 0 aromatic rings. The van der Waals surface area contributed by atoms with E-state index >= 15 is 0 Å². The summed E-state index contributed by atoms with van der Waals surface area (Å²) < 4.78 is 5.24. The largest absolute Gasteiger partial charge is 0.444 e. The monoisotopic (exact) mass is 283 g/mol. The van der Waals surface area contributed by atoms with Gasteiger partial charge in [-0.15, -0.1) is 6.58 Å². The number of rotatable bonds is 9. The minimum atomic E-state index is -0.499. The third-order valence-corrected chi connectivity index (χ3v) is 2.76. The molecule has 0 rings (SSSR count). The number of ether oxygens (including phenoxy) is 1.